The van der Waals surface area contributed by atoms with Gasteiger partial charge in [-0.3, -0.25) is 9.52 Å². The number of rotatable bonds is 11. The van der Waals surface area contributed by atoms with Crippen molar-refractivity contribution in [3.63, 3.8) is 0 Å². The standard InChI is InChI=1S/C26H29ClN2O5S/c1-4-34-24-14-9-19(16-25(24)33-3)6-5-15-28-26(30)22-17-20(10-13-23(22)27)29-35(31,32)21-11-7-18(2)8-12-21/h7-14,16-17,29H,4-6,15H2,1-3H3,(H,28,30). The van der Waals surface area contributed by atoms with Crippen LogP contribution in [0.2, 0.25) is 5.02 Å². The van der Waals surface area contributed by atoms with Gasteiger partial charge in [0.05, 0.1) is 29.2 Å². The van der Waals surface area contributed by atoms with Crippen molar-refractivity contribution in [3.05, 3.63) is 82.4 Å². The van der Waals surface area contributed by atoms with Gasteiger partial charge in [0.2, 0.25) is 0 Å². The number of benzene rings is 3. The largest absolute Gasteiger partial charge is 0.493 e. The molecule has 186 valence electrons. The van der Waals surface area contributed by atoms with Gasteiger partial charge in [-0.1, -0.05) is 35.4 Å². The lowest BCUT2D eigenvalue weighted by Gasteiger charge is -2.12. The predicted octanol–water partition coefficient (Wildman–Crippen LogP) is 5.22. The van der Waals surface area contributed by atoms with Crippen LogP contribution in [0.4, 0.5) is 5.69 Å². The lowest BCUT2D eigenvalue weighted by molar-refractivity contribution is 0.0953. The monoisotopic (exact) mass is 516 g/mol. The number of ether oxygens (including phenoxy) is 2. The fourth-order valence-corrected chi connectivity index (χ4v) is 4.68. The van der Waals surface area contributed by atoms with Crippen LogP contribution in [0.5, 0.6) is 11.5 Å². The Kier molecular flexibility index (Phi) is 9.01. The van der Waals surface area contributed by atoms with Crippen molar-refractivity contribution >= 4 is 33.2 Å². The van der Waals surface area contributed by atoms with Crippen LogP contribution in [-0.2, 0) is 16.4 Å². The first-order chi connectivity index (χ1) is 16.7. The molecule has 0 aromatic heterocycles. The molecule has 35 heavy (non-hydrogen) atoms. The highest BCUT2D eigenvalue weighted by atomic mass is 35.5. The van der Waals surface area contributed by atoms with Gasteiger partial charge in [-0.25, -0.2) is 8.42 Å². The minimum absolute atomic E-state index is 0.134. The summed E-state index contributed by atoms with van der Waals surface area (Å²) in [6.45, 7) is 4.77. The van der Waals surface area contributed by atoms with Gasteiger partial charge in [-0.15, -0.1) is 0 Å². The smallest absolute Gasteiger partial charge is 0.261 e. The van der Waals surface area contributed by atoms with E-state index in [2.05, 4.69) is 10.0 Å². The first-order valence-corrected chi connectivity index (χ1v) is 13.1. The lowest BCUT2D eigenvalue weighted by atomic mass is 10.1. The quantitative estimate of drug-likeness (QED) is 0.341. The number of carbonyl (C=O) groups is 1. The molecule has 3 aromatic carbocycles. The first-order valence-electron chi connectivity index (χ1n) is 11.2. The number of hydrogen-bond donors (Lipinski definition) is 2. The molecule has 0 bridgehead atoms. The van der Waals surface area contributed by atoms with Gasteiger partial charge in [0.1, 0.15) is 0 Å². The van der Waals surface area contributed by atoms with Gasteiger partial charge in [0.25, 0.3) is 15.9 Å². The number of anilines is 1. The molecule has 3 rings (SSSR count). The van der Waals surface area contributed by atoms with Crippen LogP contribution in [0.3, 0.4) is 0 Å². The first kappa shape index (κ1) is 26.4. The minimum atomic E-state index is -3.79. The van der Waals surface area contributed by atoms with E-state index >= 15 is 0 Å². The molecule has 0 radical (unpaired) electrons. The zero-order valence-corrected chi connectivity index (χ0v) is 21.5. The van der Waals surface area contributed by atoms with E-state index < -0.39 is 10.0 Å². The molecule has 2 N–H and O–H groups in total. The third-order valence-corrected chi connectivity index (χ3v) is 6.98. The van der Waals surface area contributed by atoms with Crippen molar-refractivity contribution in [2.45, 2.75) is 31.6 Å². The molecule has 0 atom stereocenters. The molecular formula is C26H29ClN2O5S. The zero-order valence-electron chi connectivity index (χ0n) is 19.9. The molecule has 0 spiro atoms. The average Bonchev–Trinajstić information content (AvgIpc) is 2.84. The van der Waals surface area contributed by atoms with Gasteiger partial charge in [0.15, 0.2) is 11.5 Å². The third kappa shape index (κ3) is 7.13. The van der Waals surface area contributed by atoms with Gasteiger partial charge in [0, 0.05) is 12.2 Å². The van der Waals surface area contributed by atoms with Gasteiger partial charge in [-0.05, 0) is 74.7 Å². The Balaban J connectivity index is 1.60. The van der Waals surface area contributed by atoms with Crippen molar-refractivity contribution in [3.8, 4) is 11.5 Å². The molecule has 0 aliphatic carbocycles. The summed E-state index contributed by atoms with van der Waals surface area (Å²) in [5.74, 6) is 0.986. The number of sulfonamides is 1. The normalized spacial score (nSPS) is 11.1. The number of carbonyl (C=O) groups excluding carboxylic acids is 1. The van der Waals surface area contributed by atoms with E-state index in [1.165, 1.54) is 30.3 Å². The minimum Gasteiger partial charge on any atom is -0.493 e. The Morgan fingerprint density at radius 3 is 2.43 bits per heavy atom. The maximum atomic E-state index is 12.7. The van der Waals surface area contributed by atoms with E-state index in [1.54, 1.807) is 19.2 Å². The van der Waals surface area contributed by atoms with Crippen molar-refractivity contribution < 1.29 is 22.7 Å². The maximum Gasteiger partial charge on any atom is 0.261 e. The second-order valence-corrected chi connectivity index (χ2v) is 9.98. The summed E-state index contributed by atoms with van der Waals surface area (Å²) in [5.41, 5.74) is 2.46. The summed E-state index contributed by atoms with van der Waals surface area (Å²) in [4.78, 5) is 12.8. The van der Waals surface area contributed by atoms with E-state index in [1.807, 2.05) is 32.0 Å². The Hall–Kier alpha value is -3.23. The van der Waals surface area contributed by atoms with E-state index in [0.29, 0.717) is 31.1 Å². The van der Waals surface area contributed by atoms with Crippen LogP contribution in [0, 0.1) is 6.92 Å². The summed E-state index contributed by atoms with van der Waals surface area (Å²) in [6.07, 6.45) is 1.42. The molecule has 0 heterocycles. The molecule has 0 aliphatic heterocycles. The fraction of sp³-hybridized carbons (Fsp3) is 0.269. The van der Waals surface area contributed by atoms with Crippen LogP contribution in [0.1, 0.15) is 34.8 Å². The summed E-state index contributed by atoms with van der Waals surface area (Å²) in [5, 5.41) is 3.08. The Bertz CT molecular complexity index is 1280. The van der Waals surface area contributed by atoms with E-state index in [-0.39, 0.29) is 27.1 Å². The number of nitrogens with one attached hydrogen (secondary N) is 2. The van der Waals surface area contributed by atoms with E-state index in [4.69, 9.17) is 21.1 Å². The van der Waals surface area contributed by atoms with Crippen molar-refractivity contribution in [1.29, 1.82) is 0 Å². The van der Waals surface area contributed by atoms with Gasteiger partial charge in [-0.2, -0.15) is 0 Å². The van der Waals surface area contributed by atoms with Crippen molar-refractivity contribution in [1.82, 2.24) is 5.32 Å². The SMILES string of the molecule is CCOc1ccc(CCCNC(=O)c2cc(NS(=O)(=O)c3ccc(C)cc3)ccc2Cl)cc1OC. The lowest BCUT2D eigenvalue weighted by Crippen LogP contribution is -2.25. The van der Waals surface area contributed by atoms with Gasteiger partial charge < -0.3 is 14.8 Å². The molecule has 0 saturated carbocycles. The number of hydrogen-bond acceptors (Lipinski definition) is 5. The fourth-order valence-electron chi connectivity index (χ4n) is 3.43. The highest BCUT2D eigenvalue weighted by Crippen LogP contribution is 2.28. The van der Waals surface area contributed by atoms with Crippen LogP contribution in [0.25, 0.3) is 0 Å². The summed E-state index contributed by atoms with van der Waals surface area (Å²) in [6, 6.07) is 16.7. The number of aryl methyl sites for hydroxylation is 2. The molecule has 0 fully saturated rings. The van der Waals surface area contributed by atoms with E-state index in [0.717, 1.165) is 17.5 Å². The summed E-state index contributed by atoms with van der Waals surface area (Å²) < 4.78 is 38.7. The Labute approximate surface area is 211 Å². The number of halogens is 1. The molecule has 9 heteroatoms. The van der Waals surface area contributed by atoms with Crippen molar-refractivity contribution in [2.24, 2.45) is 0 Å². The van der Waals surface area contributed by atoms with Crippen molar-refractivity contribution in [2.75, 3.05) is 25.0 Å². The zero-order chi connectivity index (χ0) is 25.4. The highest BCUT2D eigenvalue weighted by Gasteiger charge is 2.17. The second kappa shape index (κ2) is 12.0. The van der Waals surface area contributed by atoms with Gasteiger partial charge >= 0.3 is 0 Å². The van der Waals surface area contributed by atoms with Crippen LogP contribution in [-0.4, -0.2) is 34.6 Å². The predicted molar refractivity (Wildman–Crippen MR) is 138 cm³/mol. The molecule has 1 amide bonds. The van der Waals surface area contributed by atoms with Crippen LogP contribution in [0.15, 0.2) is 65.6 Å². The molecule has 0 aliphatic rings. The maximum absolute atomic E-state index is 12.7. The molecule has 7 nitrogen and oxygen atoms in total. The second-order valence-electron chi connectivity index (χ2n) is 7.89. The van der Waals surface area contributed by atoms with Crippen LogP contribution >= 0.6 is 11.6 Å². The molecule has 3 aromatic rings. The Morgan fingerprint density at radius 1 is 1.00 bits per heavy atom. The molecule has 0 saturated heterocycles. The summed E-state index contributed by atoms with van der Waals surface area (Å²) >= 11 is 6.22. The topological polar surface area (TPSA) is 93.7 Å². The Morgan fingerprint density at radius 2 is 1.74 bits per heavy atom. The molecule has 0 unspecified atom stereocenters. The number of methoxy groups -OCH3 is 1. The third-order valence-electron chi connectivity index (χ3n) is 5.25. The summed E-state index contributed by atoms with van der Waals surface area (Å²) in [7, 11) is -2.20. The molecular weight excluding hydrogens is 488 g/mol. The number of amides is 1. The average molecular weight is 517 g/mol. The highest BCUT2D eigenvalue weighted by molar-refractivity contribution is 7.92. The van der Waals surface area contributed by atoms with E-state index in [9.17, 15) is 13.2 Å². The van der Waals surface area contributed by atoms with Crippen LogP contribution < -0.4 is 19.5 Å².